The van der Waals surface area contributed by atoms with Gasteiger partial charge in [-0.1, -0.05) is 12.1 Å². The van der Waals surface area contributed by atoms with E-state index in [0.717, 1.165) is 11.3 Å². The standard InChI is InChI=1S/C19H20BrNO3/c1-21(2)14-7-5-13(6-8-14)11-17(20)19(22)16-12-15(23-3)9-10-18(16)24-4/h5-12H,1-4H3/b17-11-. The Morgan fingerprint density at radius 3 is 2.25 bits per heavy atom. The van der Waals surface area contributed by atoms with Crippen LogP contribution < -0.4 is 14.4 Å². The van der Waals surface area contributed by atoms with Crippen LogP contribution in [0.5, 0.6) is 11.5 Å². The molecule has 0 bridgehead atoms. The van der Waals surface area contributed by atoms with Gasteiger partial charge in [0.05, 0.1) is 24.3 Å². The molecule has 0 radical (unpaired) electrons. The molecule has 0 fully saturated rings. The second-order valence-electron chi connectivity index (χ2n) is 5.37. The van der Waals surface area contributed by atoms with Gasteiger partial charge >= 0.3 is 0 Å². The van der Waals surface area contributed by atoms with Crippen molar-refractivity contribution in [3.8, 4) is 11.5 Å². The van der Waals surface area contributed by atoms with Crippen LogP contribution in [0, 0.1) is 0 Å². The molecule has 0 saturated carbocycles. The largest absolute Gasteiger partial charge is 0.497 e. The van der Waals surface area contributed by atoms with Crippen LogP contribution in [-0.2, 0) is 0 Å². The van der Waals surface area contributed by atoms with Gasteiger partial charge in [-0.2, -0.15) is 0 Å². The van der Waals surface area contributed by atoms with E-state index < -0.39 is 0 Å². The Morgan fingerprint density at radius 1 is 1.04 bits per heavy atom. The third-order valence-corrected chi connectivity index (χ3v) is 4.16. The first kappa shape index (κ1) is 18.1. The molecule has 0 aliphatic rings. The molecule has 126 valence electrons. The predicted molar refractivity (Wildman–Crippen MR) is 102 cm³/mol. The van der Waals surface area contributed by atoms with Crippen molar-refractivity contribution in [2.45, 2.75) is 0 Å². The number of anilines is 1. The molecular weight excluding hydrogens is 370 g/mol. The van der Waals surface area contributed by atoms with E-state index in [1.807, 2.05) is 43.3 Å². The van der Waals surface area contributed by atoms with E-state index in [0.29, 0.717) is 21.5 Å². The minimum absolute atomic E-state index is 0.164. The maximum Gasteiger partial charge on any atom is 0.203 e. The van der Waals surface area contributed by atoms with Crippen LogP contribution in [0.4, 0.5) is 5.69 Å². The summed E-state index contributed by atoms with van der Waals surface area (Å²) in [5.74, 6) is 0.950. The maximum absolute atomic E-state index is 12.7. The van der Waals surface area contributed by atoms with Gasteiger partial charge in [-0.25, -0.2) is 0 Å². The minimum Gasteiger partial charge on any atom is -0.497 e. The molecule has 0 heterocycles. The number of allylic oxidation sites excluding steroid dienone is 1. The Labute approximate surface area is 150 Å². The van der Waals surface area contributed by atoms with E-state index in [2.05, 4.69) is 15.9 Å². The number of carbonyl (C=O) groups excluding carboxylic acids is 1. The summed E-state index contributed by atoms with van der Waals surface area (Å²) in [5.41, 5.74) is 2.48. The number of nitrogens with zero attached hydrogens (tertiary/aromatic N) is 1. The van der Waals surface area contributed by atoms with E-state index in [1.54, 1.807) is 31.4 Å². The quantitative estimate of drug-likeness (QED) is 0.542. The van der Waals surface area contributed by atoms with Crippen LogP contribution in [0.25, 0.3) is 6.08 Å². The normalized spacial score (nSPS) is 11.1. The highest BCUT2D eigenvalue weighted by Gasteiger charge is 2.16. The summed E-state index contributed by atoms with van der Waals surface area (Å²) in [5, 5.41) is 0. The molecule has 0 aliphatic carbocycles. The Kier molecular flexibility index (Phi) is 6.04. The number of hydrogen-bond acceptors (Lipinski definition) is 4. The van der Waals surface area contributed by atoms with Gasteiger partial charge in [0.2, 0.25) is 5.78 Å². The molecule has 0 N–H and O–H groups in total. The fourth-order valence-electron chi connectivity index (χ4n) is 2.20. The van der Waals surface area contributed by atoms with Crippen LogP contribution in [0.1, 0.15) is 15.9 Å². The summed E-state index contributed by atoms with van der Waals surface area (Å²) in [4.78, 5) is 14.7. The molecule has 0 saturated heterocycles. The van der Waals surface area contributed by atoms with Crippen molar-refractivity contribution in [1.82, 2.24) is 0 Å². The van der Waals surface area contributed by atoms with Crippen molar-refractivity contribution in [2.75, 3.05) is 33.2 Å². The lowest BCUT2D eigenvalue weighted by molar-refractivity contribution is 0.104. The Morgan fingerprint density at radius 2 is 1.71 bits per heavy atom. The molecule has 2 aromatic rings. The molecule has 0 amide bonds. The van der Waals surface area contributed by atoms with Gasteiger partial charge in [-0.3, -0.25) is 4.79 Å². The molecule has 24 heavy (non-hydrogen) atoms. The highest BCUT2D eigenvalue weighted by atomic mass is 79.9. The maximum atomic E-state index is 12.7. The fraction of sp³-hybridized carbons (Fsp3) is 0.211. The molecule has 0 aliphatic heterocycles. The highest BCUT2D eigenvalue weighted by Crippen LogP contribution is 2.28. The Bertz CT molecular complexity index is 752. The van der Waals surface area contributed by atoms with Gasteiger partial charge in [0.15, 0.2) is 0 Å². The molecule has 5 heteroatoms. The summed E-state index contributed by atoms with van der Waals surface area (Å²) >= 11 is 3.38. The zero-order valence-electron chi connectivity index (χ0n) is 14.2. The number of rotatable bonds is 6. The number of halogens is 1. The fourth-order valence-corrected chi connectivity index (χ4v) is 2.68. The number of ketones is 1. The van der Waals surface area contributed by atoms with E-state index in [9.17, 15) is 4.79 Å². The number of carbonyl (C=O) groups is 1. The van der Waals surface area contributed by atoms with E-state index >= 15 is 0 Å². The van der Waals surface area contributed by atoms with Gasteiger partial charge in [0, 0.05) is 19.8 Å². The lowest BCUT2D eigenvalue weighted by Gasteiger charge is -2.12. The van der Waals surface area contributed by atoms with E-state index in [4.69, 9.17) is 9.47 Å². The molecule has 2 aromatic carbocycles. The Balaban J connectivity index is 2.31. The van der Waals surface area contributed by atoms with Gasteiger partial charge in [-0.05, 0) is 57.9 Å². The van der Waals surface area contributed by atoms with Crippen molar-refractivity contribution in [1.29, 1.82) is 0 Å². The number of benzene rings is 2. The zero-order chi connectivity index (χ0) is 17.7. The second kappa shape index (κ2) is 8.02. The van der Waals surface area contributed by atoms with Crippen LogP contribution >= 0.6 is 15.9 Å². The van der Waals surface area contributed by atoms with Gasteiger partial charge < -0.3 is 14.4 Å². The van der Waals surface area contributed by atoms with E-state index in [-0.39, 0.29) is 5.78 Å². The van der Waals surface area contributed by atoms with E-state index in [1.165, 1.54) is 7.11 Å². The number of methoxy groups -OCH3 is 2. The van der Waals surface area contributed by atoms with Crippen LogP contribution in [0.2, 0.25) is 0 Å². The summed E-state index contributed by atoms with van der Waals surface area (Å²) in [6.07, 6.45) is 1.79. The summed E-state index contributed by atoms with van der Waals surface area (Å²) in [6.45, 7) is 0. The van der Waals surface area contributed by atoms with Crippen molar-refractivity contribution in [3.63, 3.8) is 0 Å². The lowest BCUT2D eigenvalue weighted by Crippen LogP contribution is -2.08. The van der Waals surface area contributed by atoms with Crippen molar-refractivity contribution < 1.29 is 14.3 Å². The first-order valence-corrected chi connectivity index (χ1v) is 8.17. The summed E-state index contributed by atoms with van der Waals surface area (Å²) in [7, 11) is 7.07. The van der Waals surface area contributed by atoms with Crippen molar-refractivity contribution in [2.24, 2.45) is 0 Å². The molecule has 0 spiro atoms. The third kappa shape index (κ3) is 4.17. The molecule has 0 aromatic heterocycles. The minimum atomic E-state index is -0.164. The topological polar surface area (TPSA) is 38.8 Å². The predicted octanol–water partition coefficient (Wildman–Crippen LogP) is 4.39. The number of Topliss-reactive ketones (excluding diaryl/α,β-unsaturated/α-hetero) is 1. The van der Waals surface area contributed by atoms with Crippen molar-refractivity contribution in [3.05, 3.63) is 58.1 Å². The van der Waals surface area contributed by atoms with Crippen LogP contribution in [-0.4, -0.2) is 34.1 Å². The van der Waals surface area contributed by atoms with Crippen LogP contribution in [0.15, 0.2) is 46.9 Å². The van der Waals surface area contributed by atoms with Crippen molar-refractivity contribution >= 4 is 33.5 Å². The number of hydrogen-bond donors (Lipinski definition) is 0. The molecule has 0 atom stereocenters. The first-order chi connectivity index (χ1) is 11.5. The van der Waals surface area contributed by atoms with Gasteiger partial charge in [0.25, 0.3) is 0 Å². The smallest absolute Gasteiger partial charge is 0.203 e. The number of ether oxygens (including phenoxy) is 2. The van der Waals surface area contributed by atoms with Gasteiger partial charge in [0.1, 0.15) is 11.5 Å². The monoisotopic (exact) mass is 389 g/mol. The third-order valence-electron chi connectivity index (χ3n) is 3.57. The summed E-state index contributed by atoms with van der Waals surface area (Å²) < 4.78 is 10.9. The molecular formula is C19H20BrNO3. The zero-order valence-corrected chi connectivity index (χ0v) is 15.8. The SMILES string of the molecule is COc1ccc(OC)c(C(=O)/C(Br)=C/c2ccc(N(C)C)cc2)c1. The molecule has 0 unspecified atom stereocenters. The average Bonchev–Trinajstić information content (AvgIpc) is 2.60. The Hall–Kier alpha value is -2.27. The first-order valence-electron chi connectivity index (χ1n) is 7.37. The lowest BCUT2D eigenvalue weighted by atomic mass is 10.1. The second-order valence-corrected chi connectivity index (χ2v) is 6.23. The van der Waals surface area contributed by atoms with Gasteiger partial charge in [-0.15, -0.1) is 0 Å². The average molecular weight is 390 g/mol. The summed E-state index contributed by atoms with van der Waals surface area (Å²) in [6, 6.07) is 13.1. The molecule has 4 nitrogen and oxygen atoms in total. The highest BCUT2D eigenvalue weighted by molar-refractivity contribution is 9.12. The molecule has 2 rings (SSSR count). The van der Waals surface area contributed by atoms with Crippen LogP contribution in [0.3, 0.4) is 0 Å².